The minimum atomic E-state index is -4.40. The molecule has 1 aromatic rings. The second-order valence-corrected chi connectivity index (χ2v) is 3.62. The molecule has 16 heavy (non-hydrogen) atoms. The summed E-state index contributed by atoms with van der Waals surface area (Å²) in [5, 5.41) is 10.1. The Morgan fingerprint density at radius 2 is 2.06 bits per heavy atom. The van der Waals surface area contributed by atoms with E-state index in [1.807, 2.05) is 0 Å². The van der Waals surface area contributed by atoms with Crippen LogP contribution in [0.2, 0.25) is 0 Å². The molecular weight excluding hydrogens is 290 g/mol. The van der Waals surface area contributed by atoms with Crippen molar-refractivity contribution < 1.29 is 28.2 Å². The molecule has 1 aromatic carbocycles. The third-order valence-corrected chi connectivity index (χ3v) is 2.09. The quantitative estimate of drug-likeness (QED) is 0.837. The highest BCUT2D eigenvalue weighted by atomic mass is 79.9. The highest BCUT2D eigenvalue weighted by Gasteiger charge is 2.35. The lowest BCUT2D eigenvalue weighted by molar-refractivity contribution is -0.350. The fraction of sp³-hybridized carbons (Fsp3) is 0.222. The van der Waals surface area contributed by atoms with Crippen molar-refractivity contribution in [2.24, 2.45) is 0 Å². The predicted octanol–water partition coefficient (Wildman–Crippen LogP) is 1.18. The number of hydrogen-bond donors (Lipinski definition) is 0. The van der Waals surface area contributed by atoms with Crippen LogP contribution < -0.4 is 14.6 Å². The van der Waals surface area contributed by atoms with Gasteiger partial charge in [-0.2, -0.15) is 8.78 Å². The van der Waals surface area contributed by atoms with Gasteiger partial charge in [0.25, 0.3) is 0 Å². The van der Waals surface area contributed by atoms with Crippen LogP contribution in [0.3, 0.4) is 0 Å². The first kappa shape index (κ1) is 12.7. The van der Waals surface area contributed by atoms with Gasteiger partial charge in [-0.3, -0.25) is 0 Å². The maximum atomic E-state index is 12.7. The largest absolute Gasteiger partial charge is 0.541 e. The summed E-state index contributed by atoms with van der Waals surface area (Å²) in [6.45, 7) is 0. The lowest BCUT2D eigenvalue weighted by Gasteiger charge is -2.19. The van der Waals surface area contributed by atoms with Crippen LogP contribution in [0.4, 0.5) is 8.78 Å². The van der Waals surface area contributed by atoms with E-state index in [1.165, 1.54) is 19.2 Å². The maximum absolute atomic E-state index is 12.7. The Labute approximate surface area is 97.9 Å². The monoisotopic (exact) mass is 295 g/mol. The third-order valence-electron chi connectivity index (χ3n) is 1.60. The zero-order valence-corrected chi connectivity index (χ0v) is 9.58. The molecule has 0 fully saturated rings. The van der Waals surface area contributed by atoms with Gasteiger partial charge in [0, 0.05) is 4.47 Å². The Morgan fingerprint density at radius 1 is 1.44 bits per heavy atom. The molecule has 4 nitrogen and oxygen atoms in total. The fourth-order valence-electron chi connectivity index (χ4n) is 0.906. The molecule has 0 aliphatic rings. The summed E-state index contributed by atoms with van der Waals surface area (Å²) in [5.41, 5.74) is 0. The van der Waals surface area contributed by atoms with Gasteiger partial charge in [-0.15, -0.1) is 0 Å². The molecule has 1 rings (SSSR count). The van der Waals surface area contributed by atoms with Crippen molar-refractivity contribution in [1.29, 1.82) is 0 Å². The van der Waals surface area contributed by atoms with E-state index in [0.717, 1.165) is 6.07 Å². The lowest BCUT2D eigenvalue weighted by atomic mass is 10.3. The average Bonchev–Trinajstić information content (AvgIpc) is 2.20. The molecule has 0 atom stereocenters. The SMILES string of the molecule is COc1cc(Br)ccc1OC(F)(F)C(=O)[O-]. The summed E-state index contributed by atoms with van der Waals surface area (Å²) in [5.74, 6) is -3.02. The van der Waals surface area contributed by atoms with Crippen molar-refractivity contribution in [2.45, 2.75) is 6.11 Å². The average molecular weight is 296 g/mol. The van der Waals surface area contributed by atoms with Crippen LogP contribution in [-0.2, 0) is 4.79 Å². The van der Waals surface area contributed by atoms with Gasteiger partial charge in [0.1, 0.15) is 0 Å². The van der Waals surface area contributed by atoms with Crippen LogP contribution in [0.15, 0.2) is 22.7 Å². The molecule has 0 saturated carbocycles. The first-order valence-electron chi connectivity index (χ1n) is 3.98. The van der Waals surface area contributed by atoms with Crippen molar-refractivity contribution in [3.05, 3.63) is 22.7 Å². The van der Waals surface area contributed by atoms with Gasteiger partial charge < -0.3 is 19.4 Å². The Balaban J connectivity index is 3.01. The highest BCUT2D eigenvalue weighted by molar-refractivity contribution is 9.10. The topological polar surface area (TPSA) is 58.6 Å². The number of alkyl halides is 2. The van der Waals surface area contributed by atoms with Gasteiger partial charge in [0.15, 0.2) is 17.5 Å². The minimum absolute atomic E-state index is 0.0182. The Hall–Kier alpha value is -1.37. The summed E-state index contributed by atoms with van der Waals surface area (Å²) in [6.07, 6.45) is -4.40. The van der Waals surface area contributed by atoms with E-state index in [1.54, 1.807) is 0 Å². The molecule has 0 heterocycles. The van der Waals surface area contributed by atoms with Crippen LogP contribution in [0.1, 0.15) is 0 Å². The van der Waals surface area contributed by atoms with E-state index in [4.69, 9.17) is 4.74 Å². The molecule has 0 aromatic heterocycles. The van der Waals surface area contributed by atoms with E-state index in [9.17, 15) is 18.7 Å². The molecule has 0 N–H and O–H groups in total. The predicted molar refractivity (Wildman–Crippen MR) is 51.3 cm³/mol. The molecule has 0 unspecified atom stereocenters. The van der Waals surface area contributed by atoms with Crippen LogP contribution in [0.25, 0.3) is 0 Å². The zero-order chi connectivity index (χ0) is 12.3. The number of benzene rings is 1. The van der Waals surface area contributed by atoms with Gasteiger partial charge >= 0.3 is 6.11 Å². The Kier molecular flexibility index (Phi) is 3.69. The minimum Gasteiger partial charge on any atom is -0.541 e. The fourth-order valence-corrected chi connectivity index (χ4v) is 1.25. The standard InChI is InChI=1S/C9H7BrF2O4/c1-15-7-4-5(10)2-3-6(7)16-9(11,12)8(13)14/h2-4H,1H3,(H,13,14)/p-1. The summed E-state index contributed by atoms with van der Waals surface area (Å²) < 4.78 is 34.7. The van der Waals surface area contributed by atoms with Crippen molar-refractivity contribution in [1.82, 2.24) is 0 Å². The molecule has 0 saturated heterocycles. The molecular formula is C9H6BrF2O4-. The number of carboxylic acid groups (broad SMARTS) is 1. The molecule has 0 aliphatic heterocycles. The highest BCUT2D eigenvalue weighted by Crippen LogP contribution is 2.33. The van der Waals surface area contributed by atoms with E-state index < -0.39 is 12.1 Å². The summed E-state index contributed by atoms with van der Waals surface area (Å²) in [7, 11) is 1.24. The first-order chi connectivity index (χ1) is 7.36. The van der Waals surface area contributed by atoms with E-state index >= 15 is 0 Å². The molecule has 0 aliphatic carbocycles. The molecule has 0 spiro atoms. The van der Waals surface area contributed by atoms with Gasteiger partial charge in [-0.1, -0.05) is 15.9 Å². The smallest absolute Gasteiger partial charge is 0.441 e. The second kappa shape index (κ2) is 4.65. The number of carboxylic acids is 1. The summed E-state index contributed by atoms with van der Waals surface area (Å²) in [4.78, 5) is 10.1. The van der Waals surface area contributed by atoms with E-state index in [-0.39, 0.29) is 11.5 Å². The maximum Gasteiger partial charge on any atom is 0.441 e. The molecule has 0 radical (unpaired) electrons. The summed E-state index contributed by atoms with van der Waals surface area (Å²) >= 11 is 3.09. The lowest BCUT2D eigenvalue weighted by Crippen LogP contribution is -2.45. The van der Waals surface area contributed by atoms with Gasteiger partial charge in [-0.05, 0) is 18.2 Å². The third kappa shape index (κ3) is 2.82. The number of carbonyl (C=O) groups is 1. The summed E-state index contributed by atoms with van der Waals surface area (Å²) in [6, 6.07) is 3.92. The number of rotatable bonds is 4. The molecule has 0 bridgehead atoms. The molecule has 88 valence electrons. The molecule has 7 heteroatoms. The number of carbonyl (C=O) groups excluding carboxylic acids is 1. The number of halogens is 3. The van der Waals surface area contributed by atoms with E-state index in [2.05, 4.69) is 20.7 Å². The van der Waals surface area contributed by atoms with Gasteiger partial charge in [0.05, 0.1) is 7.11 Å². The van der Waals surface area contributed by atoms with Gasteiger partial charge in [-0.25, -0.2) is 0 Å². The Bertz CT molecular complexity index is 408. The van der Waals surface area contributed by atoms with Crippen LogP contribution in [0, 0.1) is 0 Å². The number of methoxy groups -OCH3 is 1. The Morgan fingerprint density at radius 3 is 2.56 bits per heavy atom. The van der Waals surface area contributed by atoms with Crippen molar-refractivity contribution in [2.75, 3.05) is 7.11 Å². The number of ether oxygens (including phenoxy) is 2. The van der Waals surface area contributed by atoms with E-state index in [0.29, 0.717) is 4.47 Å². The van der Waals surface area contributed by atoms with Crippen molar-refractivity contribution in [3.8, 4) is 11.5 Å². The van der Waals surface area contributed by atoms with Crippen LogP contribution >= 0.6 is 15.9 Å². The van der Waals surface area contributed by atoms with Crippen molar-refractivity contribution >= 4 is 21.9 Å². The van der Waals surface area contributed by atoms with Crippen LogP contribution in [-0.4, -0.2) is 19.2 Å². The molecule has 0 amide bonds. The van der Waals surface area contributed by atoms with Gasteiger partial charge in [0.2, 0.25) is 0 Å². The first-order valence-corrected chi connectivity index (χ1v) is 4.78. The van der Waals surface area contributed by atoms with Crippen molar-refractivity contribution in [3.63, 3.8) is 0 Å². The number of hydrogen-bond acceptors (Lipinski definition) is 4. The van der Waals surface area contributed by atoms with Crippen LogP contribution in [0.5, 0.6) is 11.5 Å². The second-order valence-electron chi connectivity index (χ2n) is 2.70. The normalized spacial score (nSPS) is 11.0. The number of aliphatic carboxylic acids is 1. The zero-order valence-electron chi connectivity index (χ0n) is 8.00.